The lowest BCUT2D eigenvalue weighted by Crippen LogP contribution is -2.51. The molecular weight excluding hydrogens is 569 g/mol. The van der Waals surface area contributed by atoms with Crippen LogP contribution < -0.4 is 9.62 Å². The fourth-order valence-electron chi connectivity index (χ4n) is 3.76. The van der Waals surface area contributed by atoms with Gasteiger partial charge < -0.3 is 10.2 Å². The lowest BCUT2D eigenvalue weighted by atomic mass is 10.1. The summed E-state index contributed by atoms with van der Waals surface area (Å²) >= 11 is 19.1. The second-order valence-electron chi connectivity index (χ2n) is 8.57. The van der Waals surface area contributed by atoms with E-state index in [1.54, 1.807) is 56.3 Å². The Labute approximate surface area is 238 Å². The summed E-state index contributed by atoms with van der Waals surface area (Å²) in [5, 5.41) is 3.47. The summed E-state index contributed by atoms with van der Waals surface area (Å²) in [6.07, 6.45) is 0. The van der Waals surface area contributed by atoms with E-state index >= 15 is 0 Å². The summed E-state index contributed by atoms with van der Waals surface area (Å²) in [6.45, 7) is 4.77. The number of rotatable bonds is 10. The predicted octanol–water partition coefficient (Wildman–Crippen LogP) is 5.70. The molecule has 0 aliphatic heterocycles. The van der Waals surface area contributed by atoms with Crippen molar-refractivity contribution in [3.8, 4) is 0 Å². The summed E-state index contributed by atoms with van der Waals surface area (Å²) in [4.78, 5) is 27.9. The molecule has 0 aliphatic carbocycles. The van der Waals surface area contributed by atoms with Crippen LogP contribution in [-0.2, 0) is 26.2 Å². The lowest BCUT2D eigenvalue weighted by molar-refractivity contribution is -0.139. The van der Waals surface area contributed by atoms with Crippen LogP contribution in [0.15, 0.2) is 71.6 Å². The van der Waals surface area contributed by atoms with Gasteiger partial charge in [-0.2, -0.15) is 0 Å². The molecule has 0 saturated heterocycles. The van der Waals surface area contributed by atoms with Gasteiger partial charge in [-0.1, -0.05) is 70.7 Å². The van der Waals surface area contributed by atoms with E-state index in [-0.39, 0.29) is 22.2 Å². The van der Waals surface area contributed by atoms with Crippen molar-refractivity contribution in [2.24, 2.45) is 0 Å². The number of para-hydroxylation sites is 1. The van der Waals surface area contributed by atoms with Crippen LogP contribution in [0.2, 0.25) is 15.1 Å². The minimum absolute atomic E-state index is 0.00621. The Morgan fingerprint density at radius 3 is 2.05 bits per heavy atom. The number of nitrogens with zero attached hydrogens (tertiary/aromatic N) is 2. The van der Waals surface area contributed by atoms with Gasteiger partial charge in [-0.25, -0.2) is 8.42 Å². The average molecular weight is 597 g/mol. The van der Waals surface area contributed by atoms with Crippen molar-refractivity contribution >= 4 is 62.3 Å². The van der Waals surface area contributed by atoms with Crippen LogP contribution in [0.3, 0.4) is 0 Å². The number of sulfonamides is 1. The molecule has 1 unspecified atom stereocenters. The maximum atomic E-state index is 13.9. The number of halogens is 3. The van der Waals surface area contributed by atoms with Crippen molar-refractivity contribution in [2.45, 2.75) is 38.3 Å². The highest BCUT2D eigenvalue weighted by molar-refractivity contribution is 7.92. The molecule has 0 fully saturated rings. The average Bonchev–Trinajstić information content (AvgIpc) is 2.87. The van der Waals surface area contributed by atoms with Gasteiger partial charge in [-0.05, 0) is 57.2 Å². The molecule has 3 aromatic carbocycles. The quantitative estimate of drug-likeness (QED) is 0.325. The molecule has 3 aromatic rings. The van der Waals surface area contributed by atoms with Gasteiger partial charge in [0.05, 0.1) is 15.6 Å². The van der Waals surface area contributed by atoms with Crippen LogP contribution in [0.25, 0.3) is 0 Å². The van der Waals surface area contributed by atoms with E-state index in [0.717, 1.165) is 9.87 Å². The van der Waals surface area contributed by atoms with E-state index in [2.05, 4.69) is 5.32 Å². The molecule has 0 aliphatic rings. The van der Waals surface area contributed by atoms with Gasteiger partial charge in [-0.3, -0.25) is 13.9 Å². The van der Waals surface area contributed by atoms with Crippen molar-refractivity contribution in [1.29, 1.82) is 0 Å². The number of anilines is 1. The van der Waals surface area contributed by atoms with E-state index in [4.69, 9.17) is 34.8 Å². The molecule has 0 spiro atoms. The Bertz CT molecular complexity index is 1400. The molecule has 7 nitrogen and oxygen atoms in total. The smallest absolute Gasteiger partial charge is 0.264 e. The minimum Gasteiger partial charge on any atom is -0.355 e. The van der Waals surface area contributed by atoms with Crippen LogP contribution in [0.5, 0.6) is 0 Å². The molecule has 1 N–H and O–H groups in total. The summed E-state index contributed by atoms with van der Waals surface area (Å²) in [5.74, 6) is -1.05. The molecule has 11 heteroatoms. The molecule has 3 rings (SSSR count). The molecule has 2 amide bonds. The number of nitrogens with one attached hydrogen (secondary N) is 1. The Kier molecular flexibility index (Phi) is 10.1. The molecule has 0 saturated carbocycles. The first kappa shape index (κ1) is 29.8. The second-order valence-corrected chi connectivity index (χ2v) is 11.7. The SMILES string of the molecule is CCNC(=O)C(C)N(Cc1c(Cl)cccc1Cl)C(=O)CN(c1ccccc1Cl)S(=O)(=O)c1ccc(C)cc1. The molecule has 202 valence electrons. The highest BCUT2D eigenvalue weighted by Gasteiger charge is 2.33. The number of benzene rings is 3. The van der Waals surface area contributed by atoms with Crippen LogP contribution in [0, 0.1) is 6.92 Å². The van der Waals surface area contributed by atoms with Gasteiger partial charge in [0.25, 0.3) is 10.0 Å². The predicted molar refractivity (Wildman–Crippen MR) is 152 cm³/mol. The molecule has 0 heterocycles. The molecule has 1 atom stereocenters. The first-order valence-electron chi connectivity index (χ1n) is 11.8. The van der Waals surface area contributed by atoms with Gasteiger partial charge in [0, 0.05) is 28.7 Å². The number of carbonyl (C=O) groups is 2. The molecule has 38 heavy (non-hydrogen) atoms. The number of aryl methyl sites for hydroxylation is 1. The van der Waals surface area contributed by atoms with Crippen molar-refractivity contribution in [3.05, 3.63) is 92.9 Å². The van der Waals surface area contributed by atoms with E-state index in [1.807, 2.05) is 6.92 Å². The Balaban J connectivity index is 2.08. The van der Waals surface area contributed by atoms with Crippen LogP contribution in [-0.4, -0.2) is 44.3 Å². The van der Waals surface area contributed by atoms with Gasteiger partial charge in [0.1, 0.15) is 12.6 Å². The number of carbonyl (C=O) groups excluding carboxylic acids is 2. The summed E-state index contributed by atoms with van der Waals surface area (Å²) in [7, 11) is -4.22. The molecule has 0 radical (unpaired) electrons. The minimum atomic E-state index is -4.22. The summed E-state index contributed by atoms with van der Waals surface area (Å²) in [5.41, 5.74) is 1.44. The summed E-state index contributed by atoms with van der Waals surface area (Å²) < 4.78 is 28.6. The number of amides is 2. The van der Waals surface area contributed by atoms with Crippen LogP contribution >= 0.6 is 34.8 Å². The second kappa shape index (κ2) is 12.8. The Hall–Kier alpha value is -2.78. The molecular formula is C27H28Cl3N3O4S. The van der Waals surface area contributed by atoms with E-state index in [1.165, 1.54) is 29.2 Å². The van der Waals surface area contributed by atoms with Crippen molar-refractivity contribution in [1.82, 2.24) is 10.2 Å². The van der Waals surface area contributed by atoms with Gasteiger partial charge in [-0.15, -0.1) is 0 Å². The third kappa shape index (κ3) is 6.80. The number of likely N-dealkylation sites (N-methyl/N-ethyl adjacent to an activating group) is 1. The van der Waals surface area contributed by atoms with Crippen LogP contribution in [0.4, 0.5) is 5.69 Å². The van der Waals surface area contributed by atoms with Gasteiger partial charge >= 0.3 is 0 Å². The standard InChI is InChI=1S/C27H28Cl3N3O4S/c1-4-31-27(35)19(3)32(16-21-22(28)9-7-10-23(21)29)26(34)17-33(25-11-6-5-8-24(25)30)38(36,37)20-14-12-18(2)13-15-20/h5-15,19H,4,16-17H2,1-3H3,(H,31,35). The van der Waals surface area contributed by atoms with Crippen molar-refractivity contribution in [2.75, 3.05) is 17.4 Å². The maximum Gasteiger partial charge on any atom is 0.264 e. The Morgan fingerprint density at radius 2 is 1.47 bits per heavy atom. The third-order valence-corrected chi connectivity index (χ3v) is 8.72. The monoisotopic (exact) mass is 595 g/mol. The number of hydrogen-bond acceptors (Lipinski definition) is 4. The van der Waals surface area contributed by atoms with Crippen molar-refractivity contribution < 1.29 is 18.0 Å². The highest BCUT2D eigenvalue weighted by atomic mass is 35.5. The third-order valence-electron chi connectivity index (χ3n) is 5.92. The first-order valence-corrected chi connectivity index (χ1v) is 14.4. The normalized spacial score (nSPS) is 12.1. The molecule has 0 bridgehead atoms. The zero-order valence-electron chi connectivity index (χ0n) is 21.1. The summed E-state index contributed by atoms with van der Waals surface area (Å²) in [6, 6.07) is 16.6. The lowest BCUT2D eigenvalue weighted by Gasteiger charge is -2.32. The zero-order chi connectivity index (χ0) is 28.0. The fraction of sp³-hybridized carbons (Fsp3) is 0.259. The van der Waals surface area contributed by atoms with Crippen LogP contribution in [0.1, 0.15) is 25.0 Å². The van der Waals surface area contributed by atoms with E-state index < -0.39 is 34.4 Å². The van der Waals surface area contributed by atoms with Gasteiger partial charge in [0.2, 0.25) is 11.8 Å². The van der Waals surface area contributed by atoms with Gasteiger partial charge in [0.15, 0.2) is 0 Å². The van der Waals surface area contributed by atoms with Crippen molar-refractivity contribution in [3.63, 3.8) is 0 Å². The maximum absolute atomic E-state index is 13.9. The largest absolute Gasteiger partial charge is 0.355 e. The van der Waals surface area contributed by atoms with E-state index in [0.29, 0.717) is 22.2 Å². The first-order chi connectivity index (χ1) is 18.0. The van der Waals surface area contributed by atoms with E-state index in [9.17, 15) is 18.0 Å². The Morgan fingerprint density at radius 1 is 0.895 bits per heavy atom. The highest BCUT2D eigenvalue weighted by Crippen LogP contribution is 2.31. The fourth-order valence-corrected chi connectivity index (χ4v) is 6.00. The zero-order valence-corrected chi connectivity index (χ0v) is 24.2. The topological polar surface area (TPSA) is 86.8 Å². The molecule has 0 aromatic heterocycles. The number of hydrogen-bond donors (Lipinski definition) is 1.